The SMILES string of the molecule is CCC#CC#CCN=[N+]=[N-]. The lowest BCUT2D eigenvalue weighted by Crippen LogP contribution is -1.65. The van der Waals surface area contributed by atoms with E-state index >= 15 is 0 Å². The molecule has 3 nitrogen and oxygen atoms in total. The first kappa shape index (κ1) is 8.43. The van der Waals surface area contributed by atoms with Crippen molar-refractivity contribution >= 4 is 0 Å². The molecule has 0 aromatic heterocycles. The minimum atomic E-state index is 0.203. The molecule has 0 N–H and O–H groups in total. The molecule has 0 spiro atoms. The molecule has 50 valence electrons. The quantitative estimate of drug-likeness (QED) is 0.226. The Kier molecular flexibility index (Phi) is 6.26. The zero-order valence-electron chi connectivity index (χ0n) is 5.76. The highest BCUT2D eigenvalue weighted by atomic mass is 15.1. The molecule has 0 bridgehead atoms. The summed E-state index contributed by atoms with van der Waals surface area (Å²) in [6, 6.07) is 0. The summed E-state index contributed by atoms with van der Waals surface area (Å²) in [7, 11) is 0. The van der Waals surface area contributed by atoms with Crippen molar-refractivity contribution in [2.24, 2.45) is 5.11 Å². The Balaban J connectivity index is 3.59. The van der Waals surface area contributed by atoms with Crippen LogP contribution in [0.1, 0.15) is 13.3 Å². The average molecular weight is 133 g/mol. The van der Waals surface area contributed by atoms with Gasteiger partial charge in [-0.05, 0) is 17.4 Å². The van der Waals surface area contributed by atoms with Gasteiger partial charge in [0.2, 0.25) is 0 Å². The number of nitrogens with zero attached hydrogens (tertiary/aromatic N) is 3. The predicted octanol–water partition coefficient (Wildman–Crippen LogP) is 1.71. The summed E-state index contributed by atoms with van der Waals surface area (Å²) >= 11 is 0. The van der Waals surface area contributed by atoms with Crippen molar-refractivity contribution in [3.8, 4) is 23.7 Å². The number of rotatable bonds is 1. The molecule has 0 rings (SSSR count). The van der Waals surface area contributed by atoms with Gasteiger partial charge in [0.05, 0.1) is 6.54 Å². The van der Waals surface area contributed by atoms with Gasteiger partial charge in [-0.2, -0.15) is 0 Å². The molecule has 0 unspecified atom stereocenters. The highest BCUT2D eigenvalue weighted by Gasteiger charge is 1.63. The third-order valence-corrected chi connectivity index (χ3v) is 0.629. The Morgan fingerprint density at radius 3 is 2.70 bits per heavy atom. The van der Waals surface area contributed by atoms with Crippen LogP contribution in [0, 0.1) is 23.7 Å². The van der Waals surface area contributed by atoms with Gasteiger partial charge in [0.25, 0.3) is 0 Å². The third-order valence-electron chi connectivity index (χ3n) is 0.629. The van der Waals surface area contributed by atoms with Crippen molar-refractivity contribution < 1.29 is 0 Å². The summed E-state index contributed by atoms with van der Waals surface area (Å²) in [5.74, 6) is 10.5. The van der Waals surface area contributed by atoms with Crippen molar-refractivity contribution in [1.82, 2.24) is 0 Å². The monoisotopic (exact) mass is 133 g/mol. The second-order valence-electron chi connectivity index (χ2n) is 1.35. The van der Waals surface area contributed by atoms with Gasteiger partial charge in [-0.3, -0.25) is 0 Å². The first-order valence-corrected chi connectivity index (χ1v) is 2.88. The summed E-state index contributed by atoms with van der Waals surface area (Å²) in [6.45, 7) is 2.15. The lowest BCUT2D eigenvalue weighted by molar-refractivity contribution is 1.25. The van der Waals surface area contributed by atoms with E-state index in [1.165, 1.54) is 0 Å². The maximum atomic E-state index is 7.82. The van der Waals surface area contributed by atoms with Crippen LogP contribution in [-0.4, -0.2) is 6.54 Å². The van der Waals surface area contributed by atoms with Gasteiger partial charge >= 0.3 is 0 Å². The highest BCUT2D eigenvalue weighted by Crippen LogP contribution is 1.67. The molecule has 0 radical (unpaired) electrons. The molecule has 3 heteroatoms. The van der Waals surface area contributed by atoms with Crippen LogP contribution in [0.5, 0.6) is 0 Å². The van der Waals surface area contributed by atoms with E-state index in [2.05, 4.69) is 33.7 Å². The first-order valence-electron chi connectivity index (χ1n) is 2.88. The first-order chi connectivity index (χ1) is 4.91. The summed E-state index contributed by atoms with van der Waals surface area (Å²) in [5, 5.41) is 3.21. The van der Waals surface area contributed by atoms with E-state index in [4.69, 9.17) is 5.53 Å². The van der Waals surface area contributed by atoms with E-state index < -0.39 is 0 Å². The maximum absolute atomic E-state index is 7.82. The Morgan fingerprint density at radius 2 is 2.10 bits per heavy atom. The number of azide groups is 1. The van der Waals surface area contributed by atoms with Crippen LogP contribution in [0.2, 0.25) is 0 Å². The standard InChI is InChI=1S/C7H7N3/c1-2-3-4-5-6-7-9-10-8/h2,7H2,1H3. The molecule has 0 aromatic carbocycles. The van der Waals surface area contributed by atoms with Crippen molar-refractivity contribution in [1.29, 1.82) is 0 Å². The Labute approximate surface area is 60.1 Å². The fourth-order valence-corrected chi connectivity index (χ4v) is 0.283. The summed E-state index contributed by atoms with van der Waals surface area (Å²) in [5.41, 5.74) is 7.82. The molecule has 0 aliphatic carbocycles. The summed E-state index contributed by atoms with van der Waals surface area (Å²) in [6.07, 6.45) is 0.802. The topological polar surface area (TPSA) is 48.8 Å². The van der Waals surface area contributed by atoms with E-state index in [9.17, 15) is 0 Å². The van der Waals surface area contributed by atoms with Gasteiger partial charge in [0.1, 0.15) is 0 Å². The zero-order chi connectivity index (χ0) is 7.66. The largest absolute Gasteiger partial charge is 0.0894 e. The normalized spacial score (nSPS) is 5.70. The van der Waals surface area contributed by atoms with Gasteiger partial charge in [-0.1, -0.05) is 23.9 Å². The summed E-state index contributed by atoms with van der Waals surface area (Å²) < 4.78 is 0. The van der Waals surface area contributed by atoms with Gasteiger partial charge in [0, 0.05) is 11.3 Å². The lowest BCUT2D eigenvalue weighted by Gasteiger charge is -1.65. The molecule has 0 fully saturated rings. The van der Waals surface area contributed by atoms with Crippen LogP contribution >= 0.6 is 0 Å². The van der Waals surface area contributed by atoms with E-state index in [0.29, 0.717) is 0 Å². The molecule has 0 saturated heterocycles. The van der Waals surface area contributed by atoms with E-state index in [0.717, 1.165) is 6.42 Å². The van der Waals surface area contributed by atoms with Gasteiger partial charge in [0.15, 0.2) is 0 Å². The fraction of sp³-hybridized carbons (Fsp3) is 0.429. The minimum absolute atomic E-state index is 0.203. The smallest absolute Gasteiger partial charge is 0.0887 e. The van der Waals surface area contributed by atoms with Crippen LogP contribution in [-0.2, 0) is 0 Å². The van der Waals surface area contributed by atoms with Crippen LogP contribution < -0.4 is 0 Å². The van der Waals surface area contributed by atoms with Gasteiger partial charge < -0.3 is 0 Å². The fourth-order valence-electron chi connectivity index (χ4n) is 0.283. The highest BCUT2D eigenvalue weighted by molar-refractivity contribution is 5.25. The Hall–Kier alpha value is -1.57. The minimum Gasteiger partial charge on any atom is -0.0894 e. The van der Waals surface area contributed by atoms with Crippen molar-refractivity contribution in [2.45, 2.75) is 13.3 Å². The number of hydrogen-bond acceptors (Lipinski definition) is 1. The van der Waals surface area contributed by atoms with Crippen LogP contribution in [0.15, 0.2) is 5.11 Å². The second kappa shape index (κ2) is 7.43. The molecule has 0 aliphatic rings. The van der Waals surface area contributed by atoms with Crippen molar-refractivity contribution in [3.05, 3.63) is 10.4 Å². The number of hydrogen-bond donors (Lipinski definition) is 0. The maximum Gasteiger partial charge on any atom is 0.0887 e. The zero-order valence-corrected chi connectivity index (χ0v) is 5.76. The van der Waals surface area contributed by atoms with E-state index in [1.807, 2.05) is 6.92 Å². The van der Waals surface area contributed by atoms with E-state index in [-0.39, 0.29) is 6.54 Å². The summed E-state index contributed by atoms with van der Waals surface area (Å²) in [4.78, 5) is 2.53. The van der Waals surface area contributed by atoms with Crippen molar-refractivity contribution in [2.75, 3.05) is 6.54 Å². The third kappa shape index (κ3) is 6.43. The van der Waals surface area contributed by atoms with Crippen LogP contribution in [0.25, 0.3) is 10.4 Å². The van der Waals surface area contributed by atoms with Gasteiger partial charge in [-0.15, -0.1) is 0 Å². The Morgan fingerprint density at radius 1 is 1.40 bits per heavy atom. The molecule has 0 saturated carbocycles. The van der Waals surface area contributed by atoms with E-state index in [1.54, 1.807) is 0 Å². The molecule has 0 aliphatic heterocycles. The average Bonchev–Trinajstić information content (AvgIpc) is 1.97. The molecular formula is C7H7N3. The predicted molar refractivity (Wildman–Crippen MR) is 39.9 cm³/mol. The molecule has 10 heavy (non-hydrogen) atoms. The molecule has 0 aromatic rings. The Bertz CT molecular complexity index is 239. The van der Waals surface area contributed by atoms with Crippen LogP contribution in [0.3, 0.4) is 0 Å². The lowest BCUT2D eigenvalue weighted by atomic mass is 10.4. The molecule has 0 atom stereocenters. The second-order valence-corrected chi connectivity index (χ2v) is 1.35. The van der Waals surface area contributed by atoms with Crippen molar-refractivity contribution in [3.63, 3.8) is 0 Å². The molecule has 0 heterocycles. The molecule has 0 amide bonds. The molecular weight excluding hydrogens is 126 g/mol. The van der Waals surface area contributed by atoms with Gasteiger partial charge in [-0.25, -0.2) is 0 Å². The van der Waals surface area contributed by atoms with Crippen LogP contribution in [0.4, 0.5) is 0 Å².